The molecule has 4 rings (SSSR count). The molecule has 0 aliphatic carbocycles. The van der Waals surface area contributed by atoms with Crippen molar-refractivity contribution in [2.24, 2.45) is 0 Å². The summed E-state index contributed by atoms with van der Waals surface area (Å²) in [7, 11) is 0. The van der Waals surface area contributed by atoms with Gasteiger partial charge in [0.05, 0.1) is 29.2 Å². The first-order chi connectivity index (χ1) is 15.5. The van der Waals surface area contributed by atoms with E-state index < -0.39 is 0 Å². The molecule has 4 aromatic rings. The zero-order valence-corrected chi connectivity index (χ0v) is 18.0. The predicted molar refractivity (Wildman–Crippen MR) is 120 cm³/mol. The first-order valence-electron chi connectivity index (χ1n) is 10.5. The average Bonchev–Trinajstić information content (AvgIpc) is 3.21. The van der Waals surface area contributed by atoms with Gasteiger partial charge in [-0.05, 0) is 69.2 Å². The minimum atomic E-state index is -0.308. The van der Waals surface area contributed by atoms with Crippen LogP contribution >= 0.6 is 0 Å². The van der Waals surface area contributed by atoms with Crippen molar-refractivity contribution in [3.05, 3.63) is 71.3 Å². The van der Waals surface area contributed by atoms with Crippen molar-refractivity contribution in [3.63, 3.8) is 0 Å². The second-order valence-electron chi connectivity index (χ2n) is 7.39. The Labute approximate surface area is 185 Å². The third kappa shape index (κ3) is 4.74. The fourth-order valence-corrected chi connectivity index (χ4v) is 3.48. The lowest BCUT2D eigenvalue weighted by Gasteiger charge is -2.12. The number of hydrogen-bond acceptors (Lipinski definition) is 5. The van der Waals surface area contributed by atoms with Crippen molar-refractivity contribution in [1.82, 2.24) is 25.7 Å². The summed E-state index contributed by atoms with van der Waals surface area (Å²) in [5.74, 6) is 0.194. The van der Waals surface area contributed by atoms with Gasteiger partial charge in [-0.1, -0.05) is 0 Å². The molecule has 0 bridgehead atoms. The standard InChI is InChI=1S/C24H24FN5O2/c1-3-32-23-14-21(16-6-9-18(25)10-7-16)27-22-13-17(8-11-19(22)23)24(31)26-12-4-5-20-15(2)28-30-29-20/h6-11,13-14H,3-5,12H2,1-2H3,(H,26,31)(H,28,29,30). The van der Waals surface area contributed by atoms with Crippen LogP contribution in [0.15, 0.2) is 48.5 Å². The smallest absolute Gasteiger partial charge is 0.251 e. The van der Waals surface area contributed by atoms with Gasteiger partial charge >= 0.3 is 0 Å². The molecular weight excluding hydrogens is 409 g/mol. The Hall–Kier alpha value is -3.81. The second kappa shape index (κ2) is 9.55. The monoisotopic (exact) mass is 433 g/mol. The van der Waals surface area contributed by atoms with Crippen LogP contribution in [-0.4, -0.2) is 39.5 Å². The molecule has 2 aromatic carbocycles. The largest absolute Gasteiger partial charge is 0.493 e. The molecule has 1 amide bonds. The number of aryl methyl sites for hydroxylation is 2. The van der Waals surface area contributed by atoms with Gasteiger partial charge in [0.1, 0.15) is 11.6 Å². The molecule has 0 atom stereocenters. The predicted octanol–water partition coefficient (Wildman–Crippen LogP) is 4.23. The zero-order valence-electron chi connectivity index (χ0n) is 18.0. The molecule has 164 valence electrons. The zero-order chi connectivity index (χ0) is 22.5. The van der Waals surface area contributed by atoms with E-state index in [1.165, 1.54) is 12.1 Å². The van der Waals surface area contributed by atoms with E-state index in [1.807, 2.05) is 26.0 Å². The fourth-order valence-electron chi connectivity index (χ4n) is 3.48. The normalized spacial score (nSPS) is 11.0. The maximum atomic E-state index is 13.3. The van der Waals surface area contributed by atoms with Crippen LogP contribution in [0.1, 0.15) is 35.1 Å². The van der Waals surface area contributed by atoms with Crippen LogP contribution in [0, 0.1) is 12.7 Å². The maximum absolute atomic E-state index is 13.3. The highest BCUT2D eigenvalue weighted by Gasteiger charge is 2.13. The molecule has 0 aliphatic rings. The van der Waals surface area contributed by atoms with Gasteiger partial charge in [0.25, 0.3) is 5.91 Å². The summed E-state index contributed by atoms with van der Waals surface area (Å²) in [5, 5.41) is 14.5. The Balaban J connectivity index is 1.54. The van der Waals surface area contributed by atoms with E-state index in [0.717, 1.165) is 35.2 Å². The van der Waals surface area contributed by atoms with E-state index in [4.69, 9.17) is 9.72 Å². The molecule has 32 heavy (non-hydrogen) atoms. The van der Waals surface area contributed by atoms with Crippen LogP contribution in [0.3, 0.4) is 0 Å². The average molecular weight is 433 g/mol. The number of nitrogens with zero attached hydrogens (tertiary/aromatic N) is 3. The van der Waals surface area contributed by atoms with Crippen molar-refractivity contribution in [3.8, 4) is 17.0 Å². The highest BCUT2D eigenvalue weighted by molar-refractivity contribution is 5.99. The fraction of sp³-hybridized carbons (Fsp3) is 0.250. The van der Waals surface area contributed by atoms with E-state index in [0.29, 0.717) is 35.7 Å². The summed E-state index contributed by atoms with van der Waals surface area (Å²) in [6.07, 6.45) is 1.49. The number of rotatable bonds is 8. The van der Waals surface area contributed by atoms with E-state index >= 15 is 0 Å². The number of pyridine rings is 1. The van der Waals surface area contributed by atoms with E-state index in [9.17, 15) is 9.18 Å². The van der Waals surface area contributed by atoms with Crippen LogP contribution in [0.2, 0.25) is 0 Å². The topological polar surface area (TPSA) is 92.8 Å². The molecule has 0 aliphatic heterocycles. The quantitative estimate of drug-likeness (QED) is 0.406. The molecule has 2 N–H and O–H groups in total. The number of aromatic nitrogens is 4. The van der Waals surface area contributed by atoms with Crippen molar-refractivity contribution < 1.29 is 13.9 Å². The number of halogens is 1. The van der Waals surface area contributed by atoms with E-state index in [-0.39, 0.29) is 11.7 Å². The Morgan fingerprint density at radius 2 is 1.94 bits per heavy atom. The molecule has 0 saturated carbocycles. The molecule has 0 radical (unpaired) electrons. The number of amides is 1. The molecular formula is C24H24FN5O2. The number of carbonyl (C=O) groups excluding carboxylic acids is 1. The van der Waals surface area contributed by atoms with Crippen LogP contribution in [-0.2, 0) is 6.42 Å². The Bertz CT molecular complexity index is 1240. The molecule has 8 heteroatoms. The van der Waals surface area contributed by atoms with Gasteiger partial charge in [-0.3, -0.25) is 4.79 Å². The minimum absolute atomic E-state index is 0.171. The van der Waals surface area contributed by atoms with Gasteiger partial charge in [-0.2, -0.15) is 15.4 Å². The summed E-state index contributed by atoms with van der Waals surface area (Å²) in [6.45, 7) is 4.83. The minimum Gasteiger partial charge on any atom is -0.493 e. The van der Waals surface area contributed by atoms with Crippen molar-refractivity contribution >= 4 is 16.8 Å². The highest BCUT2D eigenvalue weighted by Crippen LogP contribution is 2.31. The van der Waals surface area contributed by atoms with Gasteiger partial charge in [0.2, 0.25) is 0 Å². The van der Waals surface area contributed by atoms with Gasteiger partial charge in [-0.15, -0.1) is 0 Å². The van der Waals surface area contributed by atoms with E-state index in [1.54, 1.807) is 24.3 Å². The van der Waals surface area contributed by atoms with Gasteiger partial charge in [-0.25, -0.2) is 9.37 Å². The lowest BCUT2D eigenvalue weighted by atomic mass is 10.1. The number of carbonyl (C=O) groups is 1. The Kier molecular flexibility index (Phi) is 6.39. The highest BCUT2D eigenvalue weighted by atomic mass is 19.1. The number of benzene rings is 2. The summed E-state index contributed by atoms with van der Waals surface area (Å²) in [6, 6.07) is 13.3. The number of nitrogens with one attached hydrogen (secondary N) is 2. The van der Waals surface area contributed by atoms with E-state index in [2.05, 4.69) is 20.7 Å². The van der Waals surface area contributed by atoms with Gasteiger partial charge in [0, 0.05) is 29.1 Å². The van der Waals surface area contributed by atoms with Crippen molar-refractivity contribution in [1.29, 1.82) is 0 Å². The number of aromatic amines is 1. The summed E-state index contributed by atoms with van der Waals surface area (Å²) < 4.78 is 19.1. The molecule has 2 aromatic heterocycles. The van der Waals surface area contributed by atoms with Crippen LogP contribution in [0.5, 0.6) is 5.75 Å². The van der Waals surface area contributed by atoms with Crippen molar-refractivity contribution in [2.75, 3.05) is 13.2 Å². The number of H-pyrrole nitrogens is 1. The summed E-state index contributed by atoms with van der Waals surface area (Å²) in [5.41, 5.74) is 4.36. The van der Waals surface area contributed by atoms with Gasteiger partial charge < -0.3 is 10.1 Å². The first kappa shape index (κ1) is 21.4. The summed E-state index contributed by atoms with van der Waals surface area (Å²) in [4.78, 5) is 17.4. The van der Waals surface area contributed by atoms with Crippen LogP contribution < -0.4 is 10.1 Å². The third-order valence-corrected chi connectivity index (χ3v) is 5.17. The molecule has 0 spiro atoms. The Morgan fingerprint density at radius 1 is 1.12 bits per heavy atom. The van der Waals surface area contributed by atoms with Crippen LogP contribution in [0.4, 0.5) is 4.39 Å². The SMILES string of the molecule is CCOc1cc(-c2ccc(F)cc2)nc2cc(C(=O)NCCCc3n[nH]nc3C)ccc12. The number of fused-ring (bicyclic) bond motifs is 1. The molecule has 0 saturated heterocycles. The van der Waals surface area contributed by atoms with Crippen LogP contribution in [0.25, 0.3) is 22.2 Å². The Morgan fingerprint density at radius 3 is 2.66 bits per heavy atom. The number of hydrogen-bond donors (Lipinski definition) is 2. The molecule has 2 heterocycles. The molecule has 0 fully saturated rings. The number of ether oxygens (including phenoxy) is 1. The maximum Gasteiger partial charge on any atom is 0.251 e. The molecule has 0 unspecified atom stereocenters. The molecule has 7 nitrogen and oxygen atoms in total. The lowest BCUT2D eigenvalue weighted by molar-refractivity contribution is 0.0953. The third-order valence-electron chi connectivity index (χ3n) is 5.17. The van der Waals surface area contributed by atoms with Crippen molar-refractivity contribution in [2.45, 2.75) is 26.7 Å². The second-order valence-corrected chi connectivity index (χ2v) is 7.39. The first-order valence-corrected chi connectivity index (χ1v) is 10.5. The lowest BCUT2D eigenvalue weighted by Crippen LogP contribution is -2.24. The van der Waals surface area contributed by atoms with Gasteiger partial charge in [0.15, 0.2) is 0 Å². The summed E-state index contributed by atoms with van der Waals surface area (Å²) >= 11 is 0.